The molecular formula is C31H34FN3O4. The van der Waals surface area contributed by atoms with E-state index >= 15 is 0 Å². The average molecular weight is 532 g/mol. The second-order valence-electron chi connectivity index (χ2n) is 9.97. The Morgan fingerprint density at radius 1 is 1.08 bits per heavy atom. The first kappa shape index (κ1) is 26.7. The van der Waals surface area contributed by atoms with Crippen molar-refractivity contribution in [2.45, 2.75) is 38.3 Å². The molecule has 204 valence electrons. The topological polar surface area (TPSA) is 71.1 Å². The summed E-state index contributed by atoms with van der Waals surface area (Å²) in [5.41, 5.74) is 3.30. The molecule has 7 nitrogen and oxygen atoms in total. The first-order chi connectivity index (χ1) is 19.0. The van der Waals surface area contributed by atoms with E-state index in [1.807, 2.05) is 59.5 Å². The van der Waals surface area contributed by atoms with E-state index < -0.39 is 0 Å². The van der Waals surface area contributed by atoms with Gasteiger partial charge in [-0.3, -0.25) is 9.69 Å². The van der Waals surface area contributed by atoms with Gasteiger partial charge in [0.25, 0.3) is 0 Å². The van der Waals surface area contributed by atoms with E-state index in [1.54, 1.807) is 17.0 Å². The molecule has 0 saturated carbocycles. The molecule has 0 spiro atoms. The molecule has 39 heavy (non-hydrogen) atoms. The highest BCUT2D eigenvalue weighted by Gasteiger charge is 2.24. The van der Waals surface area contributed by atoms with Gasteiger partial charge in [-0.15, -0.1) is 0 Å². The lowest BCUT2D eigenvalue weighted by Crippen LogP contribution is -2.37. The summed E-state index contributed by atoms with van der Waals surface area (Å²) >= 11 is 0. The number of anilines is 1. The number of halogens is 1. The first-order valence-corrected chi connectivity index (χ1v) is 13.5. The number of carbonyl (C=O) groups is 2. The highest BCUT2D eigenvalue weighted by Crippen LogP contribution is 2.21. The van der Waals surface area contributed by atoms with Gasteiger partial charge < -0.3 is 19.7 Å². The number of amides is 3. The normalized spacial score (nSPS) is 16.8. The Balaban J connectivity index is 1.22. The summed E-state index contributed by atoms with van der Waals surface area (Å²) < 4.78 is 25.7. The Hall–Kier alpha value is -3.91. The van der Waals surface area contributed by atoms with Crippen molar-refractivity contribution in [1.82, 2.24) is 10.2 Å². The van der Waals surface area contributed by atoms with E-state index in [9.17, 15) is 14.0 Å². The summed E-state index contributed by atoms with van der Waals surface area (Å²) in [6.45, 7) is 3.33. The molecule has 2 saturated heterocycles. The van der Waals surface area contributed by atoms with E-state index in [-0.39, 0.29) is 30.3 Å². The zero-order valence-electron chi connectivity index (χ0n) is 22.0. The van der Waals surface area contributed by atoms with Crippen molar-refractivity contribution in [3.05, 3.63) is 95.3 Å². The van der Waals surface area contributed by atoms with E-state index in [4.69, 9.17) is 9.47 Å². The predicted molar refractivity (Wildman–Crippen MR) is 147 cm³/mol. The standard InChI is InChI=1S/C31H34FN3O4/c32-29-9-2-1-6-25(29)14-18-39-27-7-3-5-24(19-27)21-34(22-28-8-4-17-38-28)30(36)20-23-10-12-26(13-11-23)35-16-15-33-31(35)37/h1-3,5-7,9-13,19,28H,4,8,14-18,20-22H2,(H,33,37). The second kappa shape index (κ2) is 12.8. The number of urea groups is 1. The summed E-state index contributed by atoms with van der Waals surface area (Å²) in [4.78, 5) is 29.0. The Bertz CT molecular complexity index is 1280. The Morgan fingerprint density at radius 3 is 2.67 bits per heavy atom. The van der Waals surface area contributed by atoms with Crippen LogP contribution in [-0.2, 0) is 28.9 Å². The van der Waals surface area contributed by atoms with Crippen LogP contribution in [0.5, 0.6) is 5.75 Å². The van der Waals surface area contributed by atoms with E-state index in [0.717, 1.165) is 36.3 Å². The zero-order valence-corrected chi connectivity index (χ0v) is 22.0. The van der Waals surface area contributed by atoms with E-state index in [1.165, 1.54) is 6.07 Å². The monoisotopic (exact) mass is 531 g/mol. The number of carbonyl (C=O) groups excluding carboxylic acids is 2. The highest BCUT2D eigenvalue weighted by molar-refractivity contribution is 5.94. The minimum Gasteiger partial charge on any atom is -0.493 e. The summed E-state index contributed by atoms with van der Waals surface area (Å²) in [7, 11) is 0. The molecule has 0 bridgehead atoms. The lowest BCUT2D eigenvalue weighted by atomic mass is 10.1. The van der Waals surface area contributed by atoms with Gasteiger partial charge >= 0.3 is 6.03 Å². The molecule has 1 atom stereocenters. The molecule has 2 aliphatic heterocycles. The summed E-state index contributed by atoms with van der Waals surface area (Å²) in [5, 5.41) is 2.80. The van der Waals surface area contributed by atoms with Gasteiger partial charge in [0, 0.05) is 44.9 Å². The molecule has 3 aromatic carbocycles. The molecule has 1 N–H and O–H groups in total. The highest BCUT2D eigenvalue weighted by atomic mass is 19.1. The number of benzene rings is 3. The third-order valence-electron chi connectivity index (χ3n) is 7.13. The molecule has 8 heteroatoms. The number of nitrogens with one attached hydrogen (secondary N) is 1. The van der Waals surface area contributed by atoms with Crippen LogP contribution in [0.3, 0.4) is 0 Å². The molecule has 2 fully saturated rings. The Morgan fingerprint density at radius 2 is 1.92 bits per heavy atom. The van der Waals surface area contributed by atoms with Gasteiger partial charge in [-0.2, -0.15) is 0 Å². The van der Waals surface area contributed by atoms with Crippen LogP contribution < -0.4 is 15.0 Å². The number of rotatable bonds is 11. The molecule has 0 radical (unpaired) electrons. The zero-order chi connectivity index (χ0) is 27.0. The lowest BCUT2D eigenvalue weighted by molar-refractivity contribution is -0.132. The van der Waals surface area contributed by atoms with Crippen molar-refractivity contribution < 1.29 is 23.5 Å². The van der Waals surface area contributed by atoms with Crippen LogP contribution >= 0.6 is 0 Å². The van der Waals surface area contributed by atoms with Crippen molar-refractivity contribution in [2.75, 3.05) is 37.7 Å². The SMILES string of the molecule is O=C(Cc1ccc(N2CCNC2=O)cc1)N(Cc1cccc(OCCc2ccccc2F)c1)CC1CCCO1. The van der Waals surface area contributed by atoms with Crippen LogP contribution in [0.15, 0.2) is 72.8 Å². The summed E-state index contributed by atoms with van der Waals surface area (Å²) in [6, 6.07) is 21.9. The number of hydrogen-bond donors (Lipinski definition) is 1. The second-order valence-corrected chi connectivity index (χ2v) is 9.97. The average Bonchev–Trinajstić information content (AvgIpc) is 3.62. The maximum absolute atomic E-state index is 13.9. The fourth-order valence-electron chi connectivity index (χ4n) is 5.02. The van der Waals surface area contributed by atoms with Crippen molar-refractivity contribution in [3.8, 4) is 5.75 Å². The smallest absolute Gasteiger partial charge is 0.321 e. The minimum absolute atomic E-state index is 0.0167. The molecule has 3 aromatic rings. The molecule has 1 unspecified atom stereocenters. The predicted octanol–water partition coefficient (Wildman–Crippen LogP) is 4.73. The minimum atomic E-state index is -0.227. The molecule has 5 rings (SSSR count). The van der Waals surface area contributed by atoms with Crippen LogP contribution in [0, 0.1) is 5.82 Å². The van der Waals surface area contributed by atoms with Crippen LogP contribution in [0.2, 0.25) is 0 Å². The van der Waals surface area contributed by atoms with Gasteiger partial charge in [0.1, 0.15) is 11.6 Å². The number of hydrogen-bond acceptors (Lipinski definition) is 4. The maximum Gasteiger partial charge on any atom is 0.321 e. The molecular weight excluding hydrogens is 497 g/mol. The fraction of sp³-hybridized carbons (Fsp3) is 0.355. The van der Waals surface area contributed by atoms with Crippen LogP contribution in [0.4, 0.5) is 14.9 Å². The van der Waals surface area contributed by atoms with Gasteiger partial charge in [-0.1, -0.05) is 42.5 Å². The van der Waals surface area contributed by atoms with E-state index in [0.29, 0.717) is 50.5 Å². The largest absolute Gasteiger partial charge is 0.493 e. The van der Waals surface area contributed by atoms with Gasteiger partial charge in [0.2, 0.25) is 5.91 Å². The lowest BCUT2D eigenvalue weighted by Gasteiger charge is -2.26. The molecule has 0 aromatic heterocycles. The van der Waals surface area contributed by atoms with Crippen LogP contribution in [0.1, 0.15) is 29.5 Å². The quantitative estimate of drug-likeness (QED) is 0.389. The van der Waals surface area contributed by atoms with Crippen LogP contribution in [-0.4, -0.2) is 55.8 Å². The molecule has 3 amide bonds. The van der Waals surface area contributed by atoms with E-state index in [2.05, 4.69) is 5.32 Å². The summed E-state index contributed by atoms with van der Waals surface area (Å²) in [5.74, 6) is 0.479. The summed E-state index contributed by atoms with van der Waals surface area (Å²) in [6.07, 6.45) is 2.71. The number of ether oxygens (including phenoxy) is 2. The third-order valence-corrected chi connectivity index (χ3v) is 7.13. The van der Waals surface area contributed by atoms with Gasteiger partial charge in [0.15, 0.2) is 0 Å². The Kier molecular flexibility index (Phi) is 8.73. The first-order valence-electron chi connectivity index (χ1n) is 13.5. The molecule has 2 aliphatic rings. The maximum atomic E-state index is 13.9. The molecule has 0 aliphatic carbocycles. The third kappa shape index (κ3) is 7.15. The molecule has 2 heterocycles. The Labute approximate surface area is 228 Å². The van der Waals surface area contributed by atoms with Gasteiger partial charge in [0.05, 0.1) is 19.1 Å². The van der Waals surface area contributed by atoms with Crippen molar-refractivity contribution >= 4 is 17.6 Å². The van der Waals surface area contributed by atoms with Gasteiger partial charge in [-0.05, 0) is 59.9 Å². The van der Waals surface area contributed by atoms with Crippen molar-refractivity contribution in [1.29, 1.82) is 0 Å². The van der Waals surface area contributed by atoms with Crippen LogP contribution in [0.25, 0.3) is 0 Å². The van der Waals surface area contributed by atoms with Crippen molar-refractivity contribution in [2.24, 2.45) is 0 Å². The fourth-order valence-corrected chi connectivity index (χ4v) is 5.02. The number of nitrogens with zero attached hydrogens (tertiary/aromatic N) is 2. The van der Waals surface area contributed by atoms with Gasteiger partial charge in [-0.25, -0.2) is 9.18 Å². The van der Waals surface area contributed by atoms with Crippen molar-refractivity contribution in [3.63, 3.8) is 0 Å².